The molecule has 0 aliphatic heterocycles. The summed E-state index contributed by atoms with van der Waals surface area (Å²) in [5, 5.41) is 4.70. The molecule has 0 spiro atoms. The maximum atomic E-state index is 13.5. The molecule has 1 aromatic heterocycles. The van der Waals surface area contributed by atoms with Crippen LogP contribution in [0.5, 0.6) is 0 Å². The van der Waals surface area contributed by atoms with E-state index in [0.717, 1.165) is 35.0 Å². The molecule has 0 saturated carbocycles. The van der Waals surface area contributed by atoms with Crippen molar-refractivity contribution in [1.29, 1.82) is 0 Å². The van der Waals surface area contributed by atoms with E-state index in [1.807, 2.05) is 10.7 Å². The van der Waals surface area contributed by atoms with Crippen molar-refractivity contribution in [2.45, 2.75) is 39.7 Å². The SMILES string of the molecule is CCc1nn(Cc2cc(F)cc(Br)c2)c(CC)c1CCN. The van der Waals surface area contributed by atoms with E-state index in [9.17, 15) is 4.39 Å². The second kappa shape index (κ2) is 7.18. The smallest absolute Gasteiger partial charge is 0.124 e. The Morgan fingerprint density at radius 1 is 1.24 bits per heavy atom. The van der Waals surface area contributed by atoms with Gasteiger partial charge in [0, 0.05) is 10.2 Å². The molecule has 0 amide bonds. The van der Waals surface area contributed by atoms with Crippen molar-refractivity contribution in [3.05, 3.63) is 51.0 Å². The van der Waals surface area contributed by atoms with Gasteiger partial charge in [-0.3, -0.25) is 4.68 Å². The molecular formula is C16H21BrFN3. The maximum Gasteiger partial charge on any atom is 0.124 e. The van der Waals surface area contributed by atoms with Crippen molar-refractivity contribution >= 4 is 15.9 Å². The van der Waals surface area contributed by atoms with Gasteiger partial charge < -0.3 is 5.73 Å². The zero-order chi connectivity index (χ0) is 15.4. The summed E-state index contributed by atoms with van der Waals surface area (Å²) < 4.78 is 16.3. The average molecular weight is 354 g/mol. The lowest BCUT2D eigenvalue weighted by atomic mass is 10.1. The molecule has 0 atom stereocenters. The summed E-state index contributed by atoms with van der Waals surface area (Å²) in [5.41, 5.74) is 10.2. The lowest BCUT2D eigenvalue weighted by Crippen LogP contribution is -2.09. The molecule has 0 aliphatic rings. The molecule has 5 heteroatoms. The quantitative estimate of drug-likeness (QED) is 0.864. The van der Waals surface area contributed by atoms with Gasteiger partial charge in [-0.15, -0.1) is 0 Å². The third kappa shape index (κ3) is 3.71. The number of nitrogens with two attached hydrogens (primary N) is 1. The highest BCUT2D eigenvalue weighted by Crippen LogP contribution is 2.20. The summed E-state index contributed by atoms with van der Waals surface area (Å²) in [4.78, 5) is 0. The van der Waals surface area contributed by atoms with Gasteiger partial charge in [0.15, 0.2) is 0 Å². The van der Waals surface area contributed by atoms with Crippen LogP contribution in [-0.2, 0) is 25.8 Å². The van der Waals surface area contributed by atoms with E-state index < -0.39 is 0 Å². The first-order valence-corrected chi connectivity index (χ1v) is 8.10. The number of nitrogens with zero attached hydrogens (tertiary/aromatic N) is 2. The van der Waals surface area contributed by atoms with Crippen LogP contribution in [0.2, 0.25) is 0 Å². The van der Waals surface area contributed by atoms with Crippen LogP contribution in [-0.4, -0.2) is 16.3 Å². The highest BCUT2D eigenvalue weighted by Gasteiger charge is 2.15. The maximum absolute atomic E-state index is 13.5. The number of rotatable bonds is 6. The fourth-order valence-corrected chi connectivity index (χ4v) is 3.22. The van der Waals surface area contributed by atoms with Gasteiger partial charge in [-0.1, -0.05) is 29.8 Å². The topological polar surface area (TPSA) is 43.8 Å². The molecule has 0 fully saturated rings. The molecule has 0 aliphatic carbocycles. The minimum Gasteiger partial charge on any atom is -0.330 e. The average Bonchev–Trinajstić information content (AvgIpc) is 2.75. The number of aryl methyl sites for hydroxylation is 1. The molecule has 2 rings (SSSR count). The van der Waals surface area contributed by atoms with Crippen molar-refractivity contribution in [2.75, 3.05) is 6.54 Å². The van der Waals surface area contributed by atoms with E-state index in [1.54, 1.807) is 6.07 Å². The fourth-order valence-electron chi connectivity index (χ4n) is 2.71. The Morgan fingerprint density at radius 2 is 2.00 bits per heavy atom. The largest absolute Gasteiger partial charge is 0.330 e. The molecule has 0 saturated heterocycles. The second-order valence-corrected chi connectivity index (χ2v) is 5.97. The van der Waals surface area contributed by atoms with Crippen LogP contribution in [0.3, 0.4) is 0 Å². The van der Waals surface area contributed by atoms with Gasteiger partial charge in [0.05, 0.1) is 12.2 Å². The minimum absolute atomic E-state index is 0.234. The number of halogens is 2. The molecule has 0 radical (unpaired) electrons. The summed E-state index contributed by atoms with van der Waals surface area (Å²) in [7, 11) is 0. The van der Waals surface area contributed by atoms with Gasteiger partial charge >= 0.3 is 0 Å². The first kappa shape index (κ1) is 16.2. The predicted octanol–water partition coefficient (Wildman–Crippen LogP) is 3.46. The van der Waals surface area contributed by atoms with Crippen molar-refractivity contribution < 1.29 is 4.39 Å². The first-order chi connectivity index (χ1) is 10.1. The minimum atomic E-state index is -0.234. The predicted molar refractivity (Wildman–Crippen MR) is 86.9 cm³/mol. The molecule has 114 valence electrons. The van der Waals surface area contributed by atoms with E-state index in [2.05, 4.69) is 29.8 Å². The summed E-state index contributed by atoms with van der Waals surface area (Å²) in [6.45, 7) is 5.42. The monoisotopic (exact) mass is 353 g/mol. The van der Waals surface area contributed by atoms with E-state index in [0.29, 0.717) is 13.1 Å². The van der Waals surface area contributed by atoms with Crippen LogP contribution < -0.4 is 5.73 Å². The van der Waals surface area contributed by atoms with E-state index in [1.165, 1.54) is 17.3 Å². The van der Waals surface area contributed by atoms with Crippen molar-refractivity contribution in [3.8, 4) is 0 Å². The van der Waals surface area contributed by atoms with Crippen molar-refractivity contribution in [1.82, 2.24) is 9.78 Å². The molecule has 0 bridgehead atoms. The Balaban J connectivity index is 2.39. The number of hydrogen-bond donors (Lipinski definition) is 1. The molecule has 21 heavy (non-hydrogen) atoms. The van der Waals surface area contributed by atoms with E-state index in [4.69, 9.17) is 10.8 Å². The van der Waals surface area contributed by atoms with Gasteiger partial charge in [0.2, 0.25) is 0 Å². The molecule has 1 heterocycles. The summed E-state index contributed by atoms with van der Waals surface area (Å²) in [5.74, 6) is -0.234. The third-order valence-electron chi connectivity index (χ3n) is 3.57. The van der Waals surface area contributed by atoms with Gasteiger partial charge in [0.25, 0.3) is 0 Å². The lowest BCUT2D eigenvalue weighted by molar-refractivity contribution is 0.610. The standard InChI is InChI=1S/C16H21BrFN3/c1-3-15-14(5-6-19)16(4-2)21(20-15)10-11-7-12(17)9-13(18)8-11/h7-9H,3-6,10,19H2,1-2H3. The number of benzene rings is 1. The molecule has 3 nitrogen and oxygen atoms in total. The highest BCUT2D eigenvalue weighted by atomic mass is 79.9. The Labute approximate surface area is 133 Å². The lowest BCUT2D eigenvalue weighted by Gasteiger charge is -2.08. The zero-order valence-corrected chi connectivity index (χ0v) is 14.1. The van der Waals surface area contributed by atoms with Crippen LogP contribution in [0.1, 0.15) is 36.4 Å². The fraction of sp³-hybridized carbons (Fsp3) is 0.438. The number of hydrogen-bond acceptors (Lipinski definition) is 2. The molecule has 2 N–H and O–H groups in total. The summed E-state index contributed by atoms with van der Waals surface area (Å²) >= 11 is 3.33. The van der Waals surface area contributed by atoms with E-state index in [-0.39, 0.29) is 5.82 Å². The summed E-state index contributed by atoms with van der Waals surface area (Å²) in [6, 6.07) is 4.95. The van der Waals surface area contributed by atoms with Crippen LogP contribution in [0.25, 0.3) is 0 Å². The Kier molecular flexibility index (Phi) is 5.53. The Morgan fingerprint density at radius 3 is 2.57 bits per heavy atom. The molecular weight excluding hydrogens is 333 g/mol. The molecule has 2 aromatic rings. The van der Waals surface area contributed by atoms with Gasteiger partial charge in [-0.05, 0) is 55.1 Å². The summed E-state index contributed by atoms with van der Waals surface area (Å²) in [6.07, 6.45) is 2.64. The van der Waals surface area contributed by atoms with Gasteiger partial charge in [-0.25, -0.2) is 4.39 Å². The highest BCUT2D eigenvalue weighted by molar-refractivity contribution is 9.10. The van der Waals surface area contributed by atoms with Crippen molar-refractivity contribution in [2.24, 2.45) is 5.73 Å². The van der Waals surface area contributed by atoms with Crippen molar-refractivity contribution in [3.63, 3.8) is 0 Å². The second-order valence-electron chi connectivity index (χ2n) is 5.05. The Bertz CT molecular complexity index is 602. The normalized spacial score (nSPS) is 11.1. The third-order valence-corrected chi connectivity index (χ3v) is 4.03. The zero-order valence-electron chi connectivity index (χ0n) is 12.5. The van der Waals surface area contributed by atoms with Gasteiger partial charge in [0.1, 0.15) is 5.82 Å². The van der Waals surface area contributed by atoms with Gasteiger partial charge in [-0.2, -0.15) is 5.10 Å². The van der Waals surface area contributed by atoms with Crippen LogP contribution in [0, 0.1) is 5.82 Å². The number of aromatic nitrogens is 2. The van der Waals surface area contributed by atoms with Crippen LogP contribution in [0.4, 0.5) is 4.39 Å². The first-order valence-electron chi connectivity index (χ1n) is 7.31. The Hall–Kier alpha value is -1.20. The van der Waals surface area contributed by atoms with Crippen LogP contribution in [0.15, 0.2) is 22.7 Å². The molecule has 1 aromatic carbocycles. The molecule has 0 unspecified atom stereocenters. The van der Waals surface area contributed by atoms with Crippen LogP contribution >= 0.6 is 15.9 Å². The van der Waals surface area contributed by atoms with E-state index >= 15 is 0 Å².